The van der Waals surface area contributed by atoms with E-state index in [0.29, 0.717) is 12.8 Å². The molecule has 1 aromatic carbocycles. The molecule has 0 aliphatic heterocycles. The highest BCUT2D eigenvalue weighted by molar-refractivity contribution is 5.98. The maximum absolute atomic E-state index is 13.3. The zero-order valence-electron chi connectivity index (χ0n) is 8.90. The van der Waals surface area contributed by atoms with Gasteiger partial charge >= 0.3 is 0 Å². The van der Waals surface area contributed by atoms with Gasteiger partial charge in [0.25, 0.3) is 0 Å². The average molecular weight is 244 g/mol. The van der Waals surface area contributed by atoms with Gasteiger partial charge in [-0.15, -0.1) is 0 Å². The summed E-state index contributed by atoms with van der Waals surface area (Å²) in [4.78, 5) is 11.6. The summed E-state index contributed by atoms with van der Waals surface area (Å²) >= 11 is 0. The van der Waals surface area contributed by atoms with Gasteiger partial charge in [-0.25, -0.2) is 13.2 Å². The van der Waals surface area contributed by atoms with Crippen LogP contribution in [-0.4, -0.2) is 11.4 Å². The van der Waals surface area contributed by atoms with Gasteiger partial charge in [0, 0.05) is 0 Å². The van der Waals surface area contributed by atoms with E-state index in [-0.39, 0.29) is 0 Å². The third kappa shape index (κ3) is 2.00. The Balaban J connectivity index is 2.19. The molecular formula is C11H11F3N2O. The maximum atomic E-state index is 13.3. The second-order valence-electron chi connectivity index (χ2n) is 4.19. The summed E-state index contributed by atoms with van der Waals surface area (Å²) in [6.07, 6.45) is 1.83. The van der Waals surface area contributed by atoms with E-state index in [4.69, 9.17) is 5.73 Å². The fourth-order valence-corrected chi connectivity index (χ4v) is 1.65. The molecule has 0 spiro atoms. The van der Waals surface area contributed by atoms with E-state index in [1.807, 2.05) is 0 Å². The molecule has 0 bridgehead atoms. The Hall–Kier alpha value is -1.56. The number of carbonyl (C=O) groups is 1. The molecule has 17 heavy (non-hydrogen) atoms. The molecule has 1 aliphatic rings. The number of halogens is 3. The summed E-state index contributed by atoms with van der Waals surface area (Å²) in [7, 11) is 0. The summed E-state index contributed by atoms with van der Waals surface area (Å²) in [5, 5.41) is 2.18. The second-order valence-corrected chi connectivity index (χ2v) is 4.19. The zero-order chi connectivity index (χ0) is 12.6. The first-order valence-corrected chi connectivity index (χ1v) is 5.18. The van der Waals surface area contributed by atoms with Gasteiger partial charge < -0.3 is 11.1 Å². The van der Waals surface area contributed by atoms with E-state index in [1.165, 1.54) is 0 Å². The van der Waals surface area contributed by atoms with Crippen LogP contribution >= 0.6 is 0 Å². The summed E-state index contributed by atoms with van der Waals surface area (Å²) in [6, 6.07) is 1.71. The molecule has 0 atom stereocenters. The van der Waals surface area contributed by atoms with E-state index in [0.717, 1.165) is 18.6 Å². The Kier molecular flexibility index (Phi) is 2.82. The van der Waals surface area contributed by atoms with Crippen LogP contribution in [0.3, 0.4) is 0 Å². The number of hydrogen-bond acceptors (Lipinski definition) is 2. The van der Waals surface area contributed by atoms with Crippen LogP contribution in [0.5, 0.6) is 0 Å². The number of nitrogens with one attached hydrogen (secondary N) is 1. The molecule has 1 aromatic rings. The SMILES string of the molecule is NC1(C(=O)Nc2ccc(F)c(F)c2F)CCC1. The summed E-state index contributed by atoms with van der Waals surface area (Å²) < 4.78 is 38.8. The van der Waals surface area contributed by atoms with E-state index >= 15 is 0 Å². The number of carbonyl (C=O) groups excluding carboxylic acids is 1. The van der Waals surface area contributed by atoms with Gasteiger partial charge in [-0.3, -0.25) is 4.79 Å². The Bertz CT molecular complexity index is 472. The normalized spacial score (nSPS) is 17.4. The van der Waals surface area contributed by atoms with Crippen LogP contribution in [0.2, 0.25) is 0 Å². The highest BCUT2D eigenvalue weighted by Crippen LogP contribution is 2.31. The molecule has 2 rings (SSSR count). The lowest BCUT2D eigenvalue weighted by atomic mass is 9.77. The average Bonchev–Trinajstić information content (AvgIpc) is 2.26. The number of rotatable bonds is 2. The smallest absolute Gasteiger partial charge is 0.244 e. The van der Waals surface area contributed by atoms with E-state index < -0.39 is 34.6 Å². The van der Waals surface area contributed by atoms with Crippen molar-refractivity contribution in [3.8, 4) is 0 Å². The lowest BCUT2D eigenvalue weighted by Gasteiger charge is -2.36. The summed E-state index contributed by atoms with van der Waals surface area (Å²) in [5.74, 6) is -4.90. The minimum atomic E-state index is -1.61. The van der Waals surface area contributed by atoms with Crippen molar-refractivity contribution in [2.45, 2.75) is 24.8 Å². The minimum absolute atomic E-state index is 0.398. The first-order chi connectivity index (χ1) is 7.94. The highest BCUT2D eigenvalue weighted by Gasteiger charge is 2.40. The number of hydrogen-bond donors (Lipinski definition) is 2. The largest absolute Gasteiger partial charge is 0.322 e. The lowest BCUT2D eigenvalue weighted by molar-refractivity contribution is -0.123. The van der Waals surface area contributed by atoms with Crippen LogP contribution in [0.1, 0.15) is 19.3 Å². The molecular weight excluding hydrogens is 233 g/mol. The van der Waals surface area contributed by atoms with Crippen LogP contribution in [0, 0.1) is 17.5 Å². The van der Waals surface area contributed by atoms with Gasteiger partial charge in [0.2, 0.25) is 5.91 Å². The lowest BCUT2D eigenvalue weighted by Crippen LogP contribution is -2.56. The van der Waals surface area contributed by atoms with Crippen LogP contribution in [0.15, 0.2) is 12.1 Å². The molecule has 3 N–H and O–H groups in total. The Morgan fingerprint density at radius 2 is 1.88 bits per heavy atom. The van der Waals surface area contributed by atoms with E-state index in [1.54, 1.807) is 0 Å². The predicted molar refractivity (Wildman–Crippen MR) is 55.7 cm³/mol. The van der Waals surface area contributed by atoms with Crippen molar-refractivity contribution in [3.05, 3.63) is 29.6 Å². The van der Waals surface area contributed by atoms with Crippen molar-refractivity contribution < 1.29 is 18.0 Å². The Morgan fingerprint density at radius 1 is 1.24 bits per heavy atom. The number of amides is 1. The monoisotopic (exact) mass is 244 g/mol. The second kappa shape index (κ2) is 4.03. The van der Waals surface area contributed by atoms with Crippen molar-refractivity contribution in [1.82, 2.24) is 0 Å². The predicted octanol–water partition coefficient (Wildman–Crippen LogP) is 1.92. The third-order valence-corrected chi connectivity index (χ3v) is 2.98. The fraction of sp³-hybridized carbons (Fsp3) is 0.364. The third-order valence-electron chi connectivity index (χ3n) is 2.98. The molecule has 0 saturated heterocycles. The summed E-state index contributed by atoms with van der Waals surface area (Å²) in [5.41, 5.74) is 4.30. The molecule has 1 aliphatic carbocycles. The first kappa shape index (κ1) is 11.9. The van der Waals surface area contributed by atoms with Crippen LogP contribution in [-0.2, 0) is 4.79 Å². The molecule has 1 saturated carbocycles. The van der Waals surface area contributed by atoms with Gasteiger partial charge in [0.15, 0.2) is 17.5 Å². The standard InChI is InChI=1S/C11H11F3N2O/c12-6-2-3-7(9(14)8(6)13)16-10(17)11(15)4-1-5-11/h2-3H,1,4-5,15H2,(H,16,17). The summed E-state index contributed by atoms with van der Waals surface area (Å²) in [6.45, 7) is 0. The van der Waals surface area contributed by atoms with Crippen molar-refractivity contribution in [2.75, 3.05) is 5.32 Å². The quantitative estimate of drug-likeness (QED) is 0.781. The van der Waals surface area contributed by atoms with Crippen molar-refractivity contribution in [3.63, 3.8) is 0 Å². The van der Waals surface area contributed by atoms with Gasteiger partial charge in [-0.05, 0) is 31.4 Å². The molecule has 0 aromatic heterocycles. The van der Waals surface area contributed by atoms with Crippen molar-refractivity contribution in [2.24, 2.45) is 5.73 Å². The van der Waals surface area contributed by atoms with Crippen LogP contribution in [0.4, 0.5) is 18.9 Å². The van der Waals surface area contributed by atoms with Gasteiger partial charge in [0.1, 0.15) is 0 Å². The van der Waals surface area contributed by atoms with E-state index in [9.17, 15) is 18.0 Å². The molecule has 0 radical (unpaired) electrons. The first-order valence-electron chi connectivity index (χ1n) is 5.18. The Morgan fingerprint density at radius 3 is 2.41 bits per heavy atom. The number of nitrogens with two attached hydrogens (primary N) is 1. The van der Waals surface area contributed by atoms with Crippen molar-refractivity contribution in [1.29, 1.82) is 0 Å². The topological polar surface area (TPSA) is 55.1 Å². The van der Waals surface area contributed by atoms with Gasteiger partial charge in [0.05, 0.1) is 11.2 Å². The van der Waals surface area contributed by atoms with E-state index in [2.05, 4.69) is 5.32 Å². The molecule has 6 heteroatoms. The number of anilines is 1. The van der Waals surface area contributed by atoms with Crippen molar-refractivity contribution >= 4 is 11.6 Å². The molecule has 1 fully saturated rings. The van der Waals surface area contributed by atoms with Gasteiger partial charge in [-0.1, -0.05) is 0 Å². The molecule has 92 valence electrons. The van der Waals surface area contributed by atoms with Crippen LogP contribution in [0.25, 0.3) is 0 Å². The number of benzene rings is 1. The molecule has 1 amide bonds. The maximum Gasteiger partial charge on any atom is 0.244 e. The minimum Gasteiger partial charge on any atom is -0.322 e. The molecule has 0 heterocycles. The van der Waals surface area contributed by atoms with Crippen LogP contribution < -0.4 is 11.1 Å². The molecule has 0 unspecified atom stereocenters. The van der Waals surface area contributed by atoms with Gasteiger partial charge in [-0.2, -0.15) is 0 Å². The molecule has 3 nitrogen and oxygen atoms in total. The fourth-order valence-electron chi connectivity index (χ4n) is 1.65. The Labute approximate surface area is 95.8 Å². The zero-order valence-corrected chi connectivity index (χ0v) is 8.90. The highest BCUT2D eigenvalue weighted by atomic mass is 19.2.